The van der Waals surface area contributed by atoms with Gasteiger partial charge in [-0.1, -0.05) is 19.8 Å². The van der Waals surface area contributed by atoms with Crippen LogP contribution in [0.25, 0.3) is 0 Å². The minimum absolute atomic E-state index is 0.658. The first kappa shape index (κ1) is 11.0. The Morgan fingerprint density at radius 3 is 2.81 bits per heavy atom. The third kappa shape index (κ3) is 2.43. The monoisotopic (exact) mass is 222 g/mol. The standard InChI is InChI=1S/C14H26N2/c1-14(6-7-14)10-15-9-12-8-11-4-2-3-5-13(11)16-12/h11-13,15-16H,2-10H2,1H3. The summed E-state index contributed by atoms with van der Waals surface area (Å²) < 4.78 is 0. The second-order valence-electron chi connectivity index (χ2n) is 6.69. The largest absolute Gasteiger partial charge is 0.315 e. The minimum atomic E-state index is 0.658. The van der Waals surface area contributed by atoms with Crippen LogP contribution < -0.4 is 10.6 Å². The molecule has 3 fully saturated rings. The summed E-state index contributed by atoms with van der Waals surface area (Å²) in [7, 11) is 0. The molecule has 3 aliphatic rings. The van der Waals surface area contributed by atoms with Crippen molar-refractivity contribution in [3.8, 4) is 0 Å². The topological polar surface area (TPSA) is 24.1 Å². The van der Waals surface area contributed by atoms with Gasteiger partial charge in [0.1, 0.15) is 0 Å². The van der Waals surface area contributed by atoms with Crippen molar-refractivity contribution in [2.75, 3.05) is 13.1 Å². The van der Waals surface area contributed by atoms with Gasteiger partial charge in [0.25, 0.3) is 0 Å². The summed E-state index contributed by atoms with van der Waals surface area (Å²) in [5.74, 6) is 0.997. The van der Waals surface area contributed by atoms with Crippen LogP contribution in [-0.4, -0.2) is 25.2 Å². The molecule has 3 rings (SSSR count). The molecule has 1 heterocycles. The SMILES string of the molecule is CC1(CNCC2CC3CCCCC3N2)CC1. The molecular weight excluding hydrogens is 196 g/mol. The number of nitrogens with one attached hydrogen (secondary N) is 2. The van der Waals surface area contributed by atoms with Crippen LogP contribution in [0.2, 0.25) is 0 Å². The van der Waals surface area contributed by atoms with E-state index in [9.17, 15) is 0 Å². The van der Waals surface area contributed by atoms with Gasteiger partial charge in [-0.2, -0.15) is 0 Å². The van der Waals surface area contributed by atoms with E-state index in [1.54, 1.807) is 0 Å². The average molecular weight is 222 g/mol. The summed E-state index contributed by atoms with van der Waals surface area (Å²) in [6, 6.07) is 1.62. The molecule has 16 heavy (non-hydrogen) atoms. The van der Waals surface area contributed by atoms with Crippen LogP contribution in [0.3, 0.4) is 0 Å². The Hall–Kier alpha value is -0.0800. The first-order chi connectivity index (χ1) is 7.75. The van der Waals surface area contributed by atoms with Crippen molar-refractivity contribution in [3.63, 3.8) is 0 Å². The molecule has 3 unspecified atom stereocenters. The normalized spacial score (nSPS) is 40.7. The van der Waals surface area contributed by atoms with Crippen molar-refractivity contribution >= 4 is 0 Å². The van der Waals surface area contributed by atoms with Crippen LogP contribution in [0.15, 0.2) is 0 Å². The highest BCUT2D eigenvalue weighted by Crippen LogP contribution is 2.44. The highest BCUT2D eigenvalue weighted by molar-refractivity contribution is 4.95. The Bertz CT molecular complexity index is 233. The van der Waals surface area contributed by atoms with Gasteiger partial charge in [0.2, 0.25) is 0 Å². The van der Waals surface area contributed by atoms with E-state index in [1.807, 2.05) is 0 Å². The maximum absolute atomic E-state index is 3.84. The summed E-state index contributed by atoms with van der Waals surface area (Å²) in [5.41, 5.74) is 0.658. The zero-order chi connectivity index (χ0) is 11.0. The predicted molar refractivity (Wildman–Crippen MR) is 67.5 cm³/mol. The summed E-state index contributed by atoms with van der Waals surface area (Å²) >= 11 is 0. The molecule has 2 aliphatic carbocycles. The van der Waals surface area contributed by atoms with Crippen LogP contribution in [0.5, 0.6) is 0 Å². The fourth-order valence-corrected chi connectivity index (χ4v) is 3.53. The van der Waals surface area contributed by atoms with Crippen molar-refractivity contribution in [1.29, 1.82) is 0 Å². The Morgan fingerprint density at radius 2 is 2.06 bits per heavy atom. The van der Waals surface area contributed by atoms with E-state index in [0.717, 1.165) is 18.0 Å². The molecular formula is C14H26N2. The summed E-state index contributed by atoms with van der Waals surface area (Å²) in [6.07, 6.45) is 10.1. The lowest BCUT2D eigenvalue weighted by Crippen LogP contribution is -2.39. The van der Waals surface area contributed by atoms with Gasteiger partial charge in [-0.25, -0.2) is 0 Å². The lowest BCUT2D eigenvalue weighted by molar-refractivity contribution is 0.325. The second kappa shape index (κ2) is 4.30. The molecule has 0 aromatic rings. The molecule has 2 nitrogen and oxygen atoms in total. The van der Waals surface area contributed by atoms with Gasteiger partial charge in [0.05, 0.1) is 0 Å². The number of fused-ring (bicyclic) bond motifs is 1. The van der Waals surface area contributed by atoms with Crippen molar-refractivity contribution in [2.24, 2.45) is 11.3 Å². The van der Waals surface area contributed by atoms with E-state index in [4.69, 9.17) is 0 Å². The molecule has 0 bridgehead atoms. The van der Waals surface area contributed by atoms with Crippen LogP contribution in [-0.2, 0) is 0 Å². The highest BCUT2D eigenvalue weighted by Gasteiger charge is 2.38. The molecule has 2 heteroatoms. The van der Waals surface area contributed by atoms with Crippen LogP contribution in [0.1, 0.15) is 51.9 Å². The van der Waals surface area contributed by atoms with Crippen molar-refractivity contribution < 1.29 is 0 Å². The number of hydrogen-bond acceptors (Lipinski definition) is 2. The van der Waals surface area contributed by atoms with E-state index in [-0.39, 0.29) is 0 Å². The Kier molecular flexibility index (Phi) is 2.97. The molecule has 2 saturated carbocycles. The maximum atomic E-state index is 3.84. The predicted octanol–water partition coefficient (Wildman–Crippen LogP) is 2.30. The quantitative estimate of drug-likeness (QED) is 0.762. The molecule has 2 N–H and O–H groups in total. The number of hydrogen-bond donors (Lipinski definition) is 2. The molecule has 0 aromatic carbocycles. The molecule has 3 atom stereocenters. The van der Waals surface area contributed by atoms with Gasteiger partial charge in [-0.15, -0.1) is 0 Å². The van der Waals surface area contributed by atoms with Crippen LogP contribution in [0.4, 0.5) is 0 Å². The fourth-order valence-electron chi connectivity index (χ4n) is 3.53. The van der Waals surface area contributed by atoms with Crippen LogP contribution >= 0.6 is 0 Å². The summed E-state index contributed by atoms with van der Waals surface area (Å²) in [6.45, 7) is 4.84. The molecule has 0 amide bonds. The molecule has 1 aliphatic heterocycles. The highest BCUT2D eigenvalue weighted by atomic mass is 15.0. The van der Waals surface area contributed by atoms with Gasteiger partial charge >= 0.3 is 0 Å². The van der Waals surface area contributed by atoms with E-state index in [1.165, 1.54) is 58.0 Å². The van der Waals surface area contributed by atoms with Crippen molar-refractivity contribution in [3.05, 3.63) is 0 Å². The first-order valence-electron chi connectivity index (χ1n) is 7.22. The molecule has 0 aromatic heterocycles. The van der Waals surface area contributed by atoms with E-state index >= 15 is 0 Å². The smallest absolute Gasteiger partial charge is 0.0198 e. The van der Waals surface area contributed by atoms with Gasteiger partial charge in [0, 0.05) is 25.2 Å². The third-order valence-corrected chi connectivity index (χ3v) is 4.99. The summed E-state index contributed by atoms with van der Waals surface area (Å²) in [4.78, 5) is 0. The van der Waals surface area contributed by atoms with Crippen molar-refractivity contribution in [1.82, 2.24) is 10.6 Å². The first-order valence-corrected chi connectivity index (χ1v) is 7.22. The fraction of sp³-hybridized carbons (Fsp3) is 1.00. The van der Waals surface area contributed by atoms with E-state index in [2.05, 4.69) is 17.6 Å². The Labute approximate surface area is 99.6 Å². The van der Waals surface area contributed by atoms with Gasteiger partial charge in [0.15, 0.2) is 0 Å². The lowest BCUT2D eigenvalue weighted by Gasteiger charge is -2.24. The van der Waals surface area contributed by atoms with Gasteiger partial charge < -0.3 is 10.6 Å². The van der Waals surface area contributed by atoms with E-state index in [0.29, 0.717) is 5.41 Å². The van der Waals surface area contributed by atoms with Crippen molar-refractivity contribution in [2.45, 2.75) is 64.0 Å². The van der Waals surface area contributed by atoms with E-state index < -0.39 is 0 Å². The zero-order valence-electron chi connectivity index (χ0n) is 10.6. The maximum Gasteiger partial charge on any atom is 0.0198 e. The number of rotatable bonds is 4. The Morgan fingerprint density at radius 1 is 1.25 bits per heavy atom. The lowest BCUT2D eigenvalue weighted by atomic mass is 9.85. The van der Waals surface area contributed by atoms with Crippen LogP contribution in [0, 0.1) is 11.3 Å². The molecule has 1 saturated heterocycles. The molecule has 0 spiro atoms. The second-order valence-corrected chi connectivity index (χ2v) is 6.69. The average Bonchev–Trinajstić information content (AvgIpc) is 2.87. The minimum Gasteiger partial charge on any atom is -0.315 e. The summed E-state index contributed by atoms with van der Waals surface area (Å²) in [5, 5.41) is 7.51. The third-order valence-electron chi connectivity index (χ3n) is 4.99. The zero-order valence-corrected chi connectivity index (χ0v) is 10.6. The van der Waals surface area contributed by atoms with Gasteiger partial charge in [-0.3, -0.25) is 0 Å². The van der Waals surface area contributed by atoms with Gasteiger partial charge in [-0.05, 0) is 43.4 Å². The molecule has 92 valence electrons. The Balaban J connectivity index is 1.39. The molecule has 0 radical (unpaired) electrons.